The number of Topliss-reactive ketones (excluding diaryl/α,β-unsaturated/α-hetero) is 1. The van der Waals surface area contributed by atoms with E-state index in [0.29, 0.717) is 12.2 Å². The van der Waals surface area contributed by atoms with Gasteiger partial charge in [0.05, 0.1) is 0 Å². The van der Waals surface area contributed by atoms with E-state index < -0.39 is 0 Å². The Morgan fingerprint density at radius 1 is 1.21 bits per heavy atom. The lowest BCUT2D eigenvalue weighted by atomic mass is 9.88. The van der Waals surface area contributed by atoms with Crippen LogP contribution in [-0.2, 0) is 4.79 Å². The Bertz CT molecular complexity index is 422. The average molecular weight is 258 g/mol. The third-order valence-corrected chi connectivity index (χ3v) is 3.41. The van der Waals surface area contributed by atoms with Crippen LogP contribution < -0.4 is 0 Å². The highest BCUT2D eigenvalue weighted by Crippen LogP contribution is 2.24. The molecular formula is C18H26O. The minimum absolute atomic E-state index is 0.0297. The topological polar surface area (TPSA) is 17.1 Å². The molecule has 104 valence electrons. The predicted octanol–water partition coefficient (Wildman–Crippen LogP) is 5.19. The summed E-state index contributed by atoms with van der Waals surface area (Å²) in [6.45, 7) is 8.38. The van der Waals surface area contributed by atoms with Crippen molar-refractivity contribution in [2.75, 3.05) is 0 Å². The molecule has 0 aliphatic heterocycles. The molecule has 0 saturated heterocycles. The number of carbonyl (C=O) groups is 1. The summed E-state index contributed by atoms with van der Waals surface area (Å²) in [6, 6.07) is 8.39. The minimum Gasteiger partial charge on any atom is -0.299 e. The summed E-state index contributed by atoms with van der Waals surface area (Å²) in [5, 5.41) is 0. The molecule has 1 aromatic rings. The van der Waals surface area contributed by atoms with Crippen LogP contribution in [0, 0.1) is 6.92 Å². The number of rotatable bonds is 7. The summed E-state index contributed by atoms with van der Waals surface area (Å²) in [7, 11) is 0. The first kappa shape index (κ1) is 15.7. The van der Waals surface area contributed by atoms with E-state index in [2.05, 4.69) is 58.0 Å². The molecule has 1 atom stereocenters. The molecule has 0 heterocycles. The number of unbranched alkanes of at least 4 members (excludes halogenated alkanes) is 1. The van der Waals surface area contributed by atoms with Gasteiger partial charge in [-0.05, 0) is 39.2 Å². The van der Waals surface area contributed by atoms with Crippen molar-refractivity contribution < 1.29 is 4.79 Å². The van der Waals surface area contributed by atoms with Gasteiger partial charge in [-0.1, -0.05) is 54.8 Å². The molecule has 0 spiro atoms. The Balaban J connectivity index is 2.87. The van der Waals surface area contributed by atoms with Crippen LogP contribution in [0.1, 0.15) is 63.5 Å². The summed E-state index contributed by atoms with van der Waals surface area (Å²) in [4.78, 5) is 12.4. The second-order valence-electron chi connectivity index (χ2n) is 5.55. The molecule has 0 aliphatic rings. The largest absolute Gasteiger partial charge is 0.299 e. The number of hydrogen-bond donors (Lipinski definition) is 0. The lowest BCUT2D eigenvalue weighted by molar-refractivity contribution is -0.120. The van der Waals surface area contributed by atoms with Crippen molar-refractivity contribution in [3.63, 3.8) is 0 Å². The van der Waals surface area contributed by atoms with Gasteiger partial charge in [-0.15, -0.1) is 0 Å². The van der Waals surface area contributed by atoms with Crippen molar-refractivity contribution in [3.05, 3.63) is 47.0 Å². The van der Waals surface area contributed by atoms with E-state index in [1.807, 2.05) is 0 Å². The lowest BCUT2D eigenvalue weighted by Crippen LogP contribution is -2.12. The van der Waals surface area contributed by atoms with Gasteiger partial charge >= 0.3 is 0 Å². The first-order valence-corrected chi connectivity index (χ1v) is 7.27. The summed E-state index contributed by atoms with van der Waals surface area (Å²) in [5.41, 5.74) is 3.68. The Kier molecular flexibility index (Phi) is 6.55. The molecule has 1 unspecified atom stereocenters. The zero-order valence-corrected chi connectivity index (χ0v) is 12.7. The third-order valence-electron chi connectivity index (χ3n) is 3.41. The molecule has 0 aliphatic carbocycles. The van der Waals surface area contributed by atoms with E-state index in [1.165, 1.54) is 11.1 Å². The highest BCUT2D eigenvalue weighted by Gasteiger charge is 2.18. The van der Waals surface area contributed by atoms with Gasteiger partial charge in [-0.3, -0.25) is 4.79 Å². The number of ketones is 1. The molecule has 0 radical (unpaired) electrons. The van der Waals surface area contributed by atoms with Crippen molar-refractivity contribution in [1.29, 1.82) is 0 Å². The molecule has 0 saturated carbocycles. The zero-order chi connectivity index (χ0) is 14.3. The fraction of sp³-hybridized carbons (Fsp3) is 0.500. The van der Waals surface area contributed by atoms with Crippen LogP contribution in [0.25, 0.3) is 0 Å². The van der Waals surface area contributed by atoms with Crippen LogP contribution in [0.15, 0.2) is 35.9 Å². The van der Waals surface area contributed by atoms with Crippen molar-refractivity contribution in [2.24, 2.45) is 0 Å². The number of aryl methyl sites for hydroxylation is 1. The molecular weight excluding hydrogens is 232 g/mol. The first-order chi connectivity index (χ1) is 9.04. The maximum atomic E-state index is 12.4. The van der Waals surface area contributed by atoms with E-state index in [1.54, 1.807) is 0 Å². The molecule has 0 N–H and O–H groups in total. The van der Waals surface area contributed by atoms with E-state index >= 15 is 0 Å². The minimum atomic E-state index is 0.0297. The monoisotopic (exact) mass is 258 g/mol. The molecule has 0 fully saturated rings. The highest BCUT2D eigenvalue weighted by molar-refractivity contribution is 5.85. The van der Waals surface area contributed by atoms with E-state index in [0.717, 1.165) is 24.8 Å². The second kappa shape index (κ2) is 7.93. The SMILES string of the molecule is CCCCC(=O)C(CC=C(C)C)c1ccc(C)cc1. The maximum Gasteiger partial charge on any atom is 0.140 e. The Labute approximate surface area is 117 Å². The highest BCUT2D eigenvalue weighted by atomic mass is 16.1. The fourth-order valence-corrected chi connectivity index (χ4v) is 2.13. The first-order valence-electron chi connectivity index (χ1n) is 7.27. The number of hydrogen-bond acceptors (Lipinski definition) is 1. The summed E-state index contributed by atoms with van der Waals surface area (Å²) in [5.74, 6) is 0.408. The third kappa shape index (κ3) is 5.42. The van der Waals surface area contributed by atoms with Crippen LogP contribution >= 0.6 is 0 Å². The lowest BCUT2D eigenvalue weighted by Gasteiger charge is -2.15. The van der Waals surface area contributed by atoms with Crippen LogP contribution in [0.5, 0.6) is 0 Å². The Morgan fingerprint density at radius 2 is 1.84 bits per heavy atom. The maximum absolute atomic E-state index is 12.4. The van der Waals surface area contributed by atoms with Crippen LogP contribution in [0.2, 0.25) is 0 Å². The molecule has 1 rings (SSSR count). The number of carbonyl (C=O) groups excluding carboxylic acids is 1. The average Bonchev–Trinajstić information content (AvgIpc) is 2.38. The van der Waals surface area contributed by atoms with Gasteiger partial charge in [0.1, 0.15) is 5.78 Å². The molecule has 0 bridgehead atoms. The van der Waals surface area contributed by atoms with Gasteiger partial charge in [0.15, 0.2) is 0 Å². The normalized spacial score (nSPS) is 12.0. The molecule has 0 aromatic heterocycles. The smallest absolute Gasteiger partial charge is 0.140 e. The predicted molar refractivity (Wildman–Crippen MR) is 82.5 cm³/mol. The van der Waals surface area contributed by atoms with Crippen LogP contribution in [0.3, 0.4) is 0 Å². The van der Waals surface area contributed by atoms with Crippen molar-refractivity contribution in [1.82, 2.24) is 0 Å². The second-order valence-corrected chi connectivity index (χ2v) is 5.55. The standard InChI is InChI=1S/C18H26O/c1-5-6-7-18(19)17(13-8-14(2)3)16-11-9-15(4)10-12-16/h8-12,17H,5-7,13H2,1-4H3. The summed E-state index contributed by atoms with van der Waals surface area (Å²) < 4.78 is 0. The van der Waals surface area contributed by atoms with Gasteiger partial charge < -0.3 is 0 Å². The number of allylic oxidation sites excluding steroid dienone is 2. The van der Waals surface area contributed by atoms with Gasteiger partial charge in [0.2, 0.25) is 0 Å². The van der Waals surface area contributed by atoms with Crippen molar-refractivity contribution >= 4 is 5.78 Å². The summed E-state index contributed by atoms with van der Waals surface area (Å²) >= 11 is 0. The van der Waals surface area contributed by atoms with Gasteiger partial charge in [-0.25, -0.2) is 0 Å². The molecule has 1 aromatic carbocycles. The molecule has 1 heteroatoms. The Hall–Kier alpha value is -1.37. The molecule has 1 nitrogen and oxygen atoms in total. The number of benzene rings is 1. The zero-order valence-electron chi connectivity index (χ0n) is 12.7. The van der Waals surface area contributed by atoms with E-state index in [9.17, 15) is 4.79 Å². The van der Waals surface area contributed by atoms with Gasteiger partial charge in [-0.2, -0.15) is 0 Å². The summed E-state index contributed by atoms with van der Waals surface area (Å²) in [6.07, 6.45) is 5.78. The molecule has 19 heavy (non-hydrogen) atoms. The Morgan fingerprint density at radius 3 is 2.37 bits per heavy atom. The van der Waals surface area contributed by atoms with E-state index in [4.69, 9.17) is 0 Å². The molecule has 0 amide bonds. The fourth-order valence-electron chi connectivity index (χ4n) is 2.13. The van der Waals surface area contributed by atoms with Crippen LogP contribution in [-0.4, -0.2) is 5.78 Å². The van der Waals surface area contributed by atoms with Gasteiger partial charge in [0.25, 0.3) is 0 Å². The quantitative estimate of drug-likeness (QED) is 0.615. The van der Waals surface area contributed by atoms with Crippen molar-refractivity contribution in [2.45, 2.75) is 59.3 Å². The van der Waals surface area contributed by atoms with Crippen LogP contribution in [0.4, 0.5) is 0 Å². The van der Waals surface area contributed by atoms with Gasteiger partial charge in [0, 0.05) is 12.3 Å². The van der Waals surface area contributed by atoms with Crippen molar-refractivity contribution in [3.8, 4) is 0 Å². The van der Waals surface area contributed by atoms with E-state index in [-0.39, 0.29) is 5.92 Å².